The van der Waals surface area contributed by atoms with E-state index in [-0.39, 0.29) is 0 Å². The third-order valence-corrected chi connectivity index (χ3v) is 5.54. The summed E-state index contributed by atoms with van der Waals surface area (Å²) in [6.07, 6.45) is 0. The minimum atomic E-state index is 0.537. The van der Waals surface area contributed by atoms with E-state index in [1.807, 2.05) is 37.3 Å². The number of aromatic nitrogens is 2. The van der Waals surface area contributed by atoms with Crippen molar-refractivity contribution in [2.75, 3.05) is 10.6 Å². The van der Waals surface area contributed by atoms with E-state index < -0.39 is 0 Å². The smallest absolute Gasteiger partial charge is 0.205 e. The largest absolute Gasteiger partial charge is 0.381 e. The highest BCUT2D eigenvalue weighted by Crippen LogP contribution is 2.32. The van der Waals surface area contributed by atoms with Crippen LogP contribution in [-0.4, -0.2) is 9.97 Å². The Kier molecular flexibility index (Phi) is 5.36. The van der Waals surface area contributed by atoms with E-state index in [0.29, 0.717) is 28.2 Å². The summed E-state index contributed by atoms with van der Waals surface area (Å²) < 4.78 is 0. The zero-order valence-electron chi connectivity index (χ0n) is 15.0. The molecule has 0 atom stereocenters. The van der Waals surface area contributed by atoms with Crippen LogP contribution in [0.1, 0.15) is 11.1 Å². The number of hydrogen-bond acceptors (Lipinski definition) is 3. The van der Waals surface area contributed by atoms with Gasteiger partial charge in [0.1, 0.15) is 0 Å². The Morgan fingerprint density at radius 1 is 0.929 bits per heavy atom. The predicted octanol–water partition coefficient (Wildman–Crippen LogP) is 7.19. The second-order valence-corrected chi connectivity index (χ2v) is 7.65. The number of H-pyrrole nitrogens is 1. The number of nitrogens with one attached hydrogen (secondary N) is 3. The summed E-state index contributed by atoms with van der Waals surface area (Å²) in [5, 5.41) is 8.41. The molecule has 1 aromatic heterocycles. The van der Waals surface area contributed by atoms with Gasteiger partial charge in [-0.15, -0.1) is 0 Å². The van der Waals surface area contributed by atoms with Crippen LogP contribution in [0.4, 0.5) is 17.3 Å². The van der Waals surface area contributed by atoms with Gasteiger partial charge in [-0.05, 0) is 54.4 Å². The summed E-state index contributed by atoms with van der Waals surface area (Å²) in [7, 11) is 0. The molecule has 7 heteroatoms. The van der Waals surface area contributed by atoms with Crippen LogP contribution in [0.5, 0.6) is 0 Å². The number of nitrogens with zero attached hydrogens (tertiary/aromatic N) is 1. The minimum absolute atomic E-state index is 0.537. The molecule has 3 aromatic carbocycles. The average molecular weight is 432 g/mol. The monoisotopic (exact) mass is 430 g/mol. The van der Waals surface area contributed by atoms with Gasteiger partial charge in [0.05, 0.1) is 26.8 Å². The lowest BCUT2D eigenvalue weighted by Crippen LogP contribution is -2.01. The number of imidazole rings is 1. The Morgan fingerprint density at radius 3 is 2.43 bits per heavy atom. The van der Waals surface area contributed by atoms with Crippen LogP contribution in [0.3, 0.4) is 0 Å². The predicted molar refractivity (Wildman–Crippen MR) is 119 cm³/mol. The van der Waals surface area contributed by atoms with Gasteiger partial charge in [-0.2, -0.15) is 0 Å². The Bertz CT molecular complexity index is 1130. The maximum atomic E-state index is 6.22. The van der Waals surface area contributed by atoms with Crippen LogP contribution in [0.15, 0.2) is 54.6 Å². The molecule has 0 saturated heterocycles. The van der Waals surface area contributed by atoms with Crippen molar-refractivity contribution in [3.8, 4) is 0 Å². The highest BCUT2D eigenvalue weighted by molar-refractivity contribution is 6.39. The van der Waals surface area contributed by atoms with Crippen molar-refractivity contribution in [3.63, 3.8) is 0 Å². The van der Waals surface area contributed by atoms with Gasteiger partial charge in [-0.3, -0.25) is 0 Å². The fraction of sp³-hybridized carbons (Fsp3) is 0.0952. The summed E-state index contributed by atoms with van der Waals surface area (Å²) in [6, 6.07) is 17.3. The van der Waals surface area contributed by atoms with Crippen molar-refractivity contribution in [2.24, 2.45) is 0 Å². The molecule has 0 aliphatic rings. The van der Waals surface area contributed by atoms with Crippen LogP contribution >= 0.6 is 34.8 Å². The van der Waals surface area contributed by atoms with Crippen molar-refractivity contribution in [2.45, 2.75) is 13.5 Å². The van der Waals surface area contributed by atoms with Gasteiger partial charge in [0.15, 0.2) is 0 Å². The summed E-state index contributed by atoms with van der Waals surface area (Å²) in [5.74, 6) is 0.584. The molecule has 0 unspecified atom stereocenters. The van der Waals surface area contributed by atoms with Crippen molar-refractivity contribution in [1.82, 2.24) is 9.97 Å². The molecule has 3 N–H and O–H groups in total. The SMILES string of the molecule is Cc1c(Cl)cccc1NCc1ccc2nc(Nc3c(Cl)cccc3Cl)[nH]c2c1. The van der Waals surface area contributed by atoms with E-state index in [2.05, 4.69) is 26.7 Å². The zero-order valence-corrected chi connectivity index (χ0v) is 17.3. The van der Waals surface area contributed by atoms with Gasteiger partial charge in [0.2, 0.25) is 5.95 Å². The standard InChI is InChI=1S/C21H17Cl3N4/c1-12-14(22)4-3-7-17(12)25-11-13-8-9-18-19(10-13)27-21(26-18)28-20-15(23)5-2-6-16(20)24/h2-10,25H,11H2,1H3,(H2,26,27,28). The van der Waals surface area contributed by atoms with Crippen molar-refractivity contribution in [3.05, 3.63) is 80.8 Å². The maximum Gasteiger partial charge on any atom is 0.205 e. The summed E-state index contributed by atoms with van der Waals surface area (Å²) >= 11 is 18.6. The van der Waals surface area contributed by atoms with Crippen LogP contribution in [-0.2, 0) is 6.54 Å². The van der Waals surface area contributed by atoms with E-state index in [9.17, 15) is 0 Å². The van der Waals surface area contributed by atoms with Gasteiger partial charge in [-0.25, -0.2) is 4.98 Å². The average Bonchev–Trinajstić information content (AvgIpc) is 3.08. The lowest BCUT2D eigenvalue weighted by molar-refractivity contribution is 1.14. The Hall–Kier alpha value is -2.40. The molecule has 28 heavy (non-hydrogen) atoms. The molecular formula is C21H17Cl3N4. The van der Waals surface area contributed by atoms with E-state index in [1.165, 1.54) is 0 Å². The first-order valence-corrected chi connectivity index (χ1v) is 9.83. The maximum absolute atomic E-state index is 6.22. The number of fused-ring (bicyclic) bond motifs is 1. The number of para-hydroxylation sites is 1. The van der Waals surface area contributed by atoms with E-state index in [4.69, 9.17) is 34.8 Å². The fourth-order valence-electron chi connectivity index (χ4n) is 2.96. The Morgan fingerprint density at radius 2 is 1.64 bits per heavy atom. The lowest BCUT2D eigenvalue weighted by Gasteiger charge is -2.10. The Labute approximate surface area is 177 Å². The first-order chi connectivity index (χ1) is 13.5. The number of anilines is 3. The van der Waals surface area contributed by atoms with Gasteiger partial charge >= 0.3 is 0 Å². The normalized spacial score (nSPS) is 11.0. The molecular weight excluding hydrogens is 415 g/mol. The molecule has 0 spiro atoms. The fourth-order valence-corrected chi connectivity index (χ4v) is 3.62. The molecule has 0 aliphatic heterocycles. The first-order valence-electron chi connectivity index (χ1n) is 8.70. The van der Waals surface area contributed by atoms with Crippen LogP contribution in [0, 0.1) is 6.92 Å². The summed E-state index contributed by atoms with van der Waals surface area (Å²) in [5.41, 5.74) is 5.59. The van der Waals surface area contributed by atoms with E-state index >= 15 is 0 Å². The third kappa shape index (κ3) is 3.90. The second-order valence-electron chi connectivity index (χ2n) is 6.42. The van der Waals surface area contributed by atoms with Crippen LogP contribution in [0.2, 0.25) is 15.1 Å². The van der Waals surface area contributed by atoms with Crippen molar-refractivity contribution in [1.29, 1.82) is 0 Å². The van der Waals surface area contributed by atoms with Crippen LogP contribution < -0.4 is 10.6 Å². The second kappa shape index (κ2) is 7.92. The molecule has 0 fully saturated rings. The molecule has 0 amide bonds. The number of rotatable bonds is 5. The van der Waals surface area contributed by atoms with Gasteiger partial charge in [0.25, 0.3) is 0 Å². The van der Waals surface area contributed by atoms with E-state index in [0.717, 1.165) is 32.9 Å². The molecule has 142 valence electrons. The summed E-state index contributed by atoms with van der Waals surface area (Å²) in [4.78, 5) is 7.82. The van der Waals surface area contributed by atoms with Gasteiger partial charge in [-0.1, -0.05) is 53.0 Å². The zero-order chi connectivity index (χ0) is 19.7. The quantitative estimate of drug-likeness (QED) is 0.313. The number of halogens is 3. The number of aromatic amines is 1. The molecule has 0 saturated carbocycles. The highest BCUT2D eigenvalue weighted by atomic mass is 35.5. The van der Waals surface area contributed by atoms with Gasteiger partial charge in [0, 0.05) is 17.3 Å². The molecule has 0 radical (unpaired) electrons. The van der Waals surface area contributed by atoms with Crippen LogP contribution in [0.25, 0.3) is 11.0 Å². The lowest BCUT2D eigenvalue weighted by atomic mass is 10.1. The minimum Gasteiger partial charge on any atom is -0.381 e. The third-order valence-electron chi connectivity index (χ3n) is 4.50. The number of benzene rings is 3. The highest BCUT2D eigenvalue weighted by Gasteiger charge is 2.09. The molecule has 4 aromatic rings. The Balaban J connectivity index is 1.54. The van der Waals surface area contributed by atoms with Crippen molar-refractivity contribution >= 4 is 63.2 Å². The molecule has 1 heterocycles. The van der Waals surface area contributed by atoms with E-state index in [1.54, 1.807) is 18.2 Å². The molecule has 4 rings (SSSR count). The van der Waals surface area contributed by atoms with Crippen molar-refractivity contribution < 1.29 is 0 Å². The molecule has 0 bridgehead atoms. The summed E-state index contributed by atoms with van der Waals surface area (Å²) in [6.45, 7) is 2.68. The number of hydrogen-bond donors (Lipinski definition) is 3. The molecule has 4 nitrogen and oxygen atoms in total. The van der Waals surface area contributed by atoms with Gasteiger partial charge < -0.3 is 15.6 Å². The molecule has 0 aliphatic carbocycles. The first kappa shape index (κ1) is 18.9. The topological polar surface area (TPSA) is 52.7 Å².